The minimum Gasteiger partial charge on any atom is -0.384 e. The van der Waals surface area contributed by atoms with Crippen LogP contribution in [0.2, 0.25) is 0 Å². The number of anilines is 1. The van der Waals surface area contributed by atoms with Gasteiger partial charge in [0.25, 0.3) is 0 Å². The van der Waals surface area contributed by atoms with Crippen LogP contribution in [0.1, 0.15) is 31.4 Å². The topological polar surface area (TPSA) is 38.5 Å². The Kier molecular flexibility index (Phi) is 5.25. The molecule has 106 valence electrons. The third kappa shape index (κ3) is 3.71. The van der Waals surface area contributed by atoms with E-state index in [0.717, 1.165) is 29.7 Å². The van der Waals surface area contributed by atoms with Crippen LogP contribution in [0.4, 0.5) is 5.69 Å². The summed E-state index contributed by atoms with van der Waals surface area (Å²) in [5.74, 6) is 0.716. The van der Waals surface area contributed by atoms with Gasteiger partial charge in [0, 0.05) is 43.0 Å². The van der Waals surface area contributed by atoms with Crippen LogP contribution in [0.3, 0.4) is 0 Å². The van der Waals surface area contributed by atoms with Gasteiger partial charge in [-0.3, -0.25) is 0 Å². The average molecular weight is 327 g/mol. The Morgan fingerprint density at radius 1 is 1.42 bits per heavy atom. The molecule has 4 heteroatoms. The molecule has 2 rings (SSSR count). The standard InChI is InChI=1S/C15H23BrN2O/c1-11(17)14-4-3-13(9-15(14)16)18-7-5-12(6-8-18)10-19-2/h3-4,9,11-12H,5-8,10,17H2,1-2H3/t11-/m0/s1. The lowest BCUT2D eigenvalue weighted by atomic mass is 9.97. The van der Waals surface area contributed by atoms with Gasteiger partial charge in [-0.1, -0.05) is 22.0 Å². The van der Waals surface area contributed by atoms with Crippen molar-refractivity contribution in [2.75, 3.05) is 31.7 Å². The highest BCUT2D eigenvalue weighted by molar-refractivity contribution is 9.10. The highest BCUT2D eigenvalue weighted by Crippen LogP contribution is 2.29. The molecule has 0 bridgehead atoms. The first-order valence-electron chi connectivity index (χ1n) is 6.90. The number of hydrogen-bond donors (Lipinski definition) is 1. The predicted octanol–water partition coefficient (Wildman–Crippen LogP) is 3.33. The van der Waals surface area contributed by atoms with E-state index in [9.17, 15) is 0 Å². The van der Waals surface area contributed by atoms with Gasteiger partial charge in [-0.25, -0.2) is 0 Å². The van der Waals surface area contributed by atoms with Crippen molar-refractivity contribution in [3.8, 4) is 0 Å². The van der Waals surface area contributed by atoms with Gasteiger partial charge < -0.3 is 15.4 Å². The van der Waals surface area contributed by atoms with E-state index in [0.29, 0.717) is 5.92 Å². The third-order valence-electron chi connectivity index (χ3n) is 3.86. The molecule has 1 aliphatic heterocycles. The fraction of sp³-hybridized carbons (Fsp3) is 0.600. The molecule has 1 aliphatic rings. The summed E-state index contributed by atoms with van der Waals surface area (Å²) in [6.07, 6.45) is 2.42. The molecule has 0 aliphatic carbocycles. The first-order chi connectivity index (χ1) is 9.11. The van der Waals surface area contributed by atoms with E-state index in [1.807, 2.05) is 6.92 Å². The number of nitrogens with two attached hydrogens (primary N) is 1. The van der Waals surface area contributed by atoms with Gasteiger partial charge in [0.15, 0.2) is 0 Å². The van der Waals surface area contributed by atoms with Crippen LogP contribution in [0.15, 0.2) is 22.7 Å². The van der Waals surface area contributed by atoms with Gasteiger partial charge in [-0.15, -0.1) is 0 Å². The number of piperidine rings is 1. The lowest BCUT2D eigenvalue weighted by molar-refractivity contribution is 0.139. The maximum atomic E-state index is 5.94. The first kappa shape index (κ1) is 14.8. The molecule has 1 atom stereocenters. The summed E-state index contributed by atoms with van der Waals surface area (Å²) in [4.78, 5) is 2.45. The molecule has 1 aromatic carbocycles. The Bertz CT molecular complexity index is 415. The lowest BCUT2D eigenvalue weighted by Gasteiger charge is -2.33. The smallest absolute Gasteiger partial charge is 0.0491 e. The van der Waals surface area contributed by atoms with Crippen molar-refractivity contribution >= 4 is 21.6 Å². The Labute approximate surface area is 124 Å². The molecule has 0 aromatic heterocycles. The second kappa shape index (κ2) is 6.73. The first-order valence-corrected chi connectivity index (χ1v) is 7.70. The second-order valence-corrected chi connectivity index (χ2v) is 6.23. The van der Waals surface area contributed by atoms with E-state index in [2.05, 4.69) is 39.0 Å². The molecule has 1 fully saturated rings. The maximum Gasteiger partial charge on any atom is 0.0491 e. The number of ether oxygens (including phenoxy) is 1. The van der Waals surface area contributed by atoms with Crippen molar-refractivity contribution < 1.29 is 4.74 Å². The van der Waals surface area contributed by atoms with E-state index >= 15 is 0 Å². The van der Waals surface area contributed by atoms with Gasteiger partial charge in [-0.05, 0) is 43.4 Å². The summed E-state index contributed by atoms with van der Waals surface area (Å²) < 4.78 is 6.35. The summed E-state index contributed by atoms with van der Waals surface area (Å²) in [7, 11) is 1.79. The van der Waals surface area contributed by atoms with Crippen LogP contribution >= 0.6 is 15.9 Å². The van der Waals surface area contributed by atoms with Gasteiger partial charge >= 0.3 is 0 Å². The lowest BCUT2D eigenvalue weighted by Crippen LogP contribution is -2.35. The SMILES string of the molecule is COCC1CCN(c2ccc([C@H](C)N)c(Br)c2)CC1. The van der Waals surface area contributed by atoms with Gasteiger partial charge in [0.05, 0.1) is 0 Å². The molecule has 3 nitrogen and oxygen atoms in total. The minimum atomic E-state index is 0.0656. The molecule has 2 N–H and O–H groups in total. The van der Waals surface area contributed by atoms with Crippen molar-refractivity contribution in [3.63, 3.8) is 0 Å². The average Bonchev–Trinajstić information content (AvgIpc) is 2.39. The zero-order valence-corrected chi connectivity index (χ0v) is 13.3. The zero-order chi connectivity index (χ0) is 13.8. The second-order valence-electron chi connectivity index (χ2n) is 5.38. The molecular weight excluding hydrogens is 304 g/mol. The van der Waals surface area contributed by atoms with Gasteiger partial charge in [-0.2, -0.15) is 0 Å². The summed E-state index contributed by atoms with van der Waals surface area (Å²) in [5, 5.41) is 0. The Morgan fingerprint density at radius 2 is 2.11 bits per heavy atom. The van der Waals surface area contributed by atoms with E-state index in [-0.39, 0.29) is 6.04 Å². The summed E-state index contributed by atoms with van der Waals surface area (Å²) in [5.41, 5.74) is 8.39. The minimum absolute atomic E-state index is 0.0656. The van der Waals surface area contributed by atoms with Crippen LogP contribution in [0.25, 0.3) is 0 Å². The van der Waals surface area contributed by atoms with E-state index in [1.54, 1.807) is 7.11 Å². The summed E-state index contributed by atoms with van der Waals surface area (Å²) in [6, 6.07) is 6.57. The third-order valence-corrected chi connectivity index (χ3v) is 4.54. The quantitative estimate of drug-likeness (QED) is 0.922. The van der Waals surface area contributed by atoms with Crippen LogP contribution in [-0.4, -0.2) is 26.8 Å². The molecule has 0 unspecified atom stereocenters. The molecule has 1 saturated heterocycles. The molecule has 0 saturated carbocycles. The molecule has 1 aromatic rings. The summed E-state index contributed by atoms with van der Waals surface area (Å²) in [6.45, 7) is 5.12. The van der Waals surface area contributed by atoms with Crippen molar-refractivity contribution in [1.82, 2.24) is 0 Å². The fourth-order valence-electron chi connectivity index (χ4n) is 2.68. The number of nitrogens with zero attached hydrogens (tertiary/aromatic N) is 1. The van der Waals surface area contributed by atoms with Gasteiger partial charge in [0.1, 0.15) is 0 Å². The van der Waals surface area contributed by atoms with E-state index in [4.69, 9.17) is 10.5 Å². The molecule has 1 heterocycles. The zero-order valence-electron chi connectivity index (χ0n) is 11.7. The van der Waals surface area contributed by atoms with Crippen LogP contribution in [-0.2, 0) is 4.74 Å². The van der Waals surface area contributed by atoms with E-state index in [1.165, 1.54) is 18.5 Å². The molecule has 0 radical (unpaired) electrons. The Morgan fingerprint density at radius 3 is 2.63 bits per heavy atom. The van der Waals surface area contributed by atoms with Crippen molar-refractivity contribution in [1.29, 1.82) is 0 Å². The van der Waals surface area contributed by atoms with Crippen LogP contribution < -0.4 is 10.6 Å². The number of benzene rings is 1. The number of methoxy groups -OCH3 is 1. The van der Waals surface area contributed by atoms with Crippen LogP contribution in [0, 0.1) is 5.92 Å². The highest BCUT2D eigenvalue weighted by atomic mass is 79.9. The van der Waals surface area contributed by atoms with Crippen molar-refractivity contribution in [2.45, 2.75) is 25.8 Å². The van der Waals surface area contributed by atoms with Crippen LogP contribution in [0.5, 0.6) is 0 Å². The fourth-order valence-corrected chi connectivity index (χ4v) is 3.40. The highest BCUT2D eigenvalue weighted by Gasteiger charge is 2.19. The van der Waals surface area contributed by atoms with Crippen molar-refractivity contribution in [3.05, 3.63) is 28.2 Å². The Hall–Kier alpha value is -0.580. The predicted molar refractivity (Wildman–Crippen MR) is 83.6 cm³/mol. The van der Waals surface area contributed by atoms with E-state index < -0.39 is 0 Å². The number of rotatable bonds is 4. The normalized spacial score (nSPS) is 18.6. The summed E-state index contributed by atoms with van der Waals surface area (Å²) >= 11 is 3.62. The maximum absolute atomic E-state index is 5.94. The Balaban J connectivity index is 2.02. The molecule has 19 heavy (non-hydrogen) atoms. The monoisotopic (exact) mass is 326 g/mol. The molecule has 0 amide bonds. The largest absolute Gasteiger partial charge is 0.384 e. The molecule has 0 spiro atoms. The van der Waals surface area contributed by atoms with Crippen molar-refractivity contribution in [2.24, 2.45) is 11.7 Å². The molecular formula is C15H23BrN2O. The van der Waals surface area contributed by atoms with Gasteiger partial charge in [0.2, 0.25) is 0 Å². The number of halogens is 1. The number of hydrogen-bond acceptors (Lipinski definition) is 3.